The summed E-state index contributed by atoms with van der Waals surface area (Å²) in [4.78, 5) is 8.62. The van der Waals surface area contributed by atoms with Crippen LogP contribution < -0.4 is 14.8 Å². The van der Waals surface area contributed by atoms with E-state index in [4.69, 9.17) is 9.47 Å². The van der Waals surface area contributed by atoms with Crippen molar-refractivity contribution in [2.75, 3.05) is 19.0 Å². The van der Waals surface area contributed by atoms with Crippen LogP contribution in [0.2, 0.25) is 0 Å². The third-order valence-electron chi connectivity index (χ3n) is 3.80. The maximum atomic E-state index is 13.5. The van der Waals surface area contributed by atoms with E-state index in [1.54, 1.807) is 26.2 Å². The molecule has 3 rings (SSSR count). The Hall–Kier alpha value is -2.89. The summed E-state index contributed by atoms with van der Waals surface area (Å²) in [6.07, 6.45) is 2.37. The van der Waals surface area contributed by atoms with Crippen LogP contribution in [0.25, 0.3) is 10.9 Å². The Bertz CT molecular complexity index is 899. The molecule has 0 unspecified atom stereocenters. The van der Waals surface area contributed by atoms with E-state index in [0.29, 0.717) is 29.5 Å². The molecule has 0 radical (unpaired) electrons. The maximum Gasteiger partial charge on any atom is 0.162 e. The van der Waals surface area contributed by atoms with E-state index >= 15 is 0 Å². The molecular formula is C19H20FN3O2. The van der Waals surface area contributed by atoms with Gasteiger partial charge in [-0.15, -0.1) is 0 Å². The number of ether oxygens (including phenoxy) is 2. The molecule has 0 atom stereocenters. The van der Waals surface area contributed by atoms with Crippen molar-refractivity contribution in [3.8, 4) is 11.5 Å². The fourth-order valence-corrected chi connectivity index (χ4v) is 2.51. The molecule has 0 aliphatic rings. The van der Waals surface area contributed by atoms with Crippen LogP contribution in [0.15, 0.2) is 36.7 Å². The maximum absolute atomic E-state index is 13.5. The number of anilines is 2. The summed E-state index contributed by atoms with van der Waals surface area (Å²) in [5.41, 5.74) is 2.06. The van der Waals surface area contributed by atoms with Crippen molar-refractivity contribution in [1.29, 1.82) is 0 Å². The SMILES string of the molecule is CCCOc1cc2c(Nc3ccc(F)c(C)c3)ncnc2cc1OC. The van der Waals surface area contributed by atoms with Crippen LogP contribution in [-0.2, 0) is 0 Å². The monoisotopic (exact) mass is 341 g/mol. The molecule has 0 amide bonds. The van der Waals surface area contributed by atoms with Gasteiger partial charge in [0.2, 0.25) is 0 Å². The molecule has 0 aliphatic heterocycles. The third kappa shape index (κ3) is 3.63. The van der Waals surface area contributed by atoms with E-state index in [0.717, 1.165) is 23.0 Å². The van der Waals surface area contributed by atoms with E-state index in [2.05, 4.69) is 15.3 Å². The Labute approximate surface area is 145 Å². The van der Waals surface area contributed by atoms with Gasteiger partial charge >= 0.3 is 0 Å². The van der Waals surface area contributed by atoms with Crippen LogP contribution in [0.4, 0.5) is 15.9 Å². The summed E-state index contributed by atoms with van der Waals surface area (Å²) in [5.74, 6) is 1.66. The van der Waals surface area contributed by atoms with Crippen LogP contribution in [-0.4, -0.2) is 23.7 Å². The van der Waals surface area contributed by atoms with Gasteiger partial charge in [-0.05, 0) is 43.2 Å². The first-order valence-electron chi connectivity index (χ1n) is 8.11. The van der Waals surface area contributed by atoms with Gasteiger partial charge in [-0.2, -0.15) is 0 Å². The number of hydrogen-bond donors (Lipinski definition) is 1. The van der Waals surface area contributed by atoms with Crippen LogP contribution in [0.5, 0.6) is 11.5 Å². The van der Waals surface area contributed by atoms with Gasteiger partial charge in [-0.25, -0.2) is 14.4 Å². The number of fused-ring (bicyclic) bond motifs is 1. The van der Waals surface area contributed by atoms with Gasteiger partial charge in [0.25, 0.3) is 0 Å². The highest BCUT2D eigenvalue weighted by molar-refractivity contribution is 5.93. The number of aromatic nitrogens is 2. The molecule has 5 nitrogen and oxygen atoms in total. The first-order chi connectivity index (χ1) is 12.1. The molecule has 0 saturated heterocycles. The number of benzene rings is 2. The molecule has 1 N–H and O–H groups in total. The molecule has 2 aromatic carbocycles. The molecule has 0 aliphatic carbocycles. The minimum absolute atomic E-state index is 0.238. The zero-order valence-corrected chi connectivity index (χ0v) is 14.5. The largest absolute Gasteiger partial charge is 0.493 e. The summed E-state index contributed by atoms with van der Waals surface area (Å²) in [6, 6.07) is 8.53. The third-order valence-corrected chi connectivity index (χ3v) is 3.80. The second-order valence-electron chi connectivity index (χ2n) is 5.68. The summed E-state index contributed by atoms with van der Waals surface area (Å²) in [7, 11) is 1.60. The number of methoxy groups -OCH3 is 1. The number of nitrogens with one attached hydrogen (secondary N) is 1. The standard InChI is InChI=1S/C19H20FN3O2/c1-4-7-25-18-9-14-16(10-17(18)24-3)21-11-22-19(14)23-13-5-6-15(20)12(2)8-13/h5-6,8-11H,4,7H2,1-3H3,(H,21,22,23). The first kappa shape index (κ1) is 17.0. The molecule has 0 fully saturated rings. The minimum atomic E-state index is -0.238. The van der Waals surface area contributed by atoms with Crippen LogP contribution in [0.1, 0.15) is 18.9 Å². The Morgan fingerprint density at radius 3 is 2.68 bits per heavy atom. The molecule has 6 heteroatoms. The molecule has 1 heterocycles. The van der Waals surface area contributed by atoms with Gasteiger partial charge in [-0.1, -0.05) is 6.92 Å². The van der Waals surface area contributed by atoms with Crippen LogP contribution in [0, 0.1) is 12.7 Å². The Kier molecular flexibility index (Phi) is 4.97. The van der Waals surface area contributed by atoms with Gasteiger partial charge in [0, 0.05) is 17.1 Å². The number of halogens is 1. The summed E-state index contributed by atoms with van der Waals surface area (Å²) >= 11 is 0. The molecule has 0 bridgehead atoms. The van der Waals surface area contributed by atoms with Crippen molar-refractivity contribution in [3.05, 3.63) is 48.0 Å². The lowest BCUT2D eigenvalue weighted by Gasteiger charge is -2.13. The zero-order chi connectivity index (χ0) is 17.8. The predicted octanol–water partition coefficient (Wildman–Crippen LogP) is 4.62. The Morgan fingerprint density at radius 1 is 1.12 bits per heavy atom. The lowest BCUT2D eigenvalue weighted by Crippen LogP contribution is -2.00. The topological polar surface area (TPSA) is 56.3 Å². The zero-order valence-electron chi connectivity index (χ0n) is 14.5. The second-order valence-corrected chi connectivity index (χ2v) is 5.68. The second kappa shape index (κ2) is 7.34. The molecule has 0 spiro atoms. The van der Waals surface area contributed by atoms with Crippen molar-refractivity contribution in [2.24, 2.45) is 0 Å². The van der Waals surface area contributed by atoms with E-state index in [1.807, 2.05) is 19.1 Å². The molecule has 1 aromatic heterocycles. The van der Waals surface area contributed by atoms with E-state index in [-0.39, 0.29) is 5.82 Å². The highest BCUT2D eigenvalue weighted by Crippen LogP contribution is 2.34. The van der Waals surface area contributed by atoms with Gasteiger partial charge in [-0.3, -0.25) is 0 Å². The first-order valence-corrected chi connectivity index (χ1v) is 8.11. The molecule has 0 saturated carbocycles. The summed E-state index contributed by atoms with van der Waals surface area (Å²) in [6.45, 7) is 4.36. The number of rotatable bonds is 6. The fraction of sp³-hybridized carbons (Fsp3) is 0.263. The van der Waals surface area contributed by atoms with Crippen LogP contribution >= 0.6 is 0 Å². The highest BCUT2D eigenvalue weighted by Gasteiger charge is 2.12. The summed E-state index contributed by atoms with van der Waals surface area (Å²) in [5, 5.41) is 4.02. The van der Waals surface area contributed by atoms with E-state index in [9.17, 15) is 4.39 Å². The molecule has 25 heavy (non-hydrogen) atoms. The average Bonchev–Trinajstić information content (AvgIpc) is 2.62. The molecule has 3 aromatic rings. The quantitative estimate of drug-likeness (QED) is 0.709. The number of aryl methyl sites for hydroxylation is 1. The van der Waals surface area contributed by atoms with Gasteiger partial charge < -0.3 is 14.8 Å². The van der Waals surface area contributed by atoms with Crippen molar-refractivity contribution in [1.82, 2.24) is 9.97 Å². The molecule has 130 valence electrons. The Morgan fingerprint density at radius 2 is 1.96 bits per heavy atom. The Balaban J connectivity index is 2.03. The minimum Gasteiger partial charge on any atom is -0.493 e. The highest BCUT2D eigenvalue weighted by atomic mass is 19.1. The smallest absolute Gasteiger partial charge is 0.162 e. The van der Waals surface area contributed by atoms with Crippen molar-refractivity contribution in [3.63, 3.8) is 0 Å². The van der Waals surface area contributed by atoms with Crippen molar-refractivity contribution >= 4 is 22.4 Å². The van der Waals surface area contributed by atoms with Gasteiger partial charge in [0.05, 0.1) is 19.2 Å². The predicted molar refractivity (Wildman–Crippen MR) is 96.3 cm³/mol. The van der Waals surface area contributed by atoms with Crippen LogP contribution in [0.3, 0.4) is 0 Å². The van der Waals surface area contributed by atoms with E-state index in [1.165, 1.54) is 12.4 Å². The number of hydrogen-bond acceptors (Lipinski definition) is 5. The normalized spacial score (nSPS) is 10.7. The lowest BCUT2D eigenvalue weighted by molar-refractivity contribution is 0.295. The van der Waals surface area contributed by atoms with Gasteiger partial charge in [0.15, 0.2) is 11.5 Å². The molecular weight excluding hydrogens is 321 g/mol. The van der Waals surface area contributed by atoms with Crippen molar-refractivity contribution in [2.45, 2.75) is 20.3 Å². The van der Waals surface area contributed by atoms with E-state index < -0.39 is 0 Å². The lowest BCUT2D eigenvalue weighted by atomic mass is 10.2. The average molecular weight is 341 g/mol. The summed E-state index contributed by atoms with van der Waals surface area (Å²) < 4.78 is 24.6. The van der Waals surface area contributed by atoms with Gasteiger partial charge in [0.1, 0.15) is 18.0 Å². The fourth-order valence-electron chi connectivity index (χ4n) is 2.51. The number of nitrogens with zero attached hydrogens (tertiary/aromatic N) is 2. The van der Waals surface area contributed by atoms with Crippen molar-refractivity contribution < 1.29 is 13.9 Å².